The van der Waals surface area contributed by atoms with Crippen molar-refractivity contribution in [1.82, 2.24) is 15.1 Å². The molecule has 0 fully saturated rings. The number of hydrogen-bond acceptors (Lipinski definition) is 2. The van der Waals surface area contributed by atoms with E-state index in [1.165, 1.54) is 0 Å². The molecule has 5 heteroatoms. The van der Waals surface area contributed by atoms with Crippen molar-refractivity contribution < 1.29 is 4.79 Å². The van der Waals surface area contributed by atoms with Crippen LogP contribution in [0.5, 0.6) is 0 Å². The molecule has 0 bridgehead atoms. The maximum absolute atomic E-state index is 11.9. The number of hydrogen-bond donors (Lipinski definition) is 1. The maximum Gasteiger partial charge on any atom is 0.244 e. The predicted octanol–water partition coefficient (Wildman–Crippen LogP) is 2.41. The Kier molecular flexibility index (Phi) is 3.99. The highest BCUT2D eigenvalue weighted by Gasteiger charge is 2.14. The summed E-state index contributed by atoms with van der Waals surface area (Å²) in [6, 6.07) is 8.91. The number of carbonyl (C=O) groups excluding carboxylic acids is 1. The standard InChI is InChI=1S/C13H14ClN3O/c1-10(17-8-4-7-16-17)13(18)15-9-11-5-2-3-6-12(11)14/h2-8,10H,9H2,1H3,(H,15,18). The first-order chi connectivity index (χ1) is 8.68. The molecule has 1 unspecified atom stereocenters. The van der Waals surface area contributed by atoms with Crippen LogP contribution >= 0.6 is 11.6 Å². The molecule has 0 saturated carbocycles. The Morgan fingerprint density at radius 2 is 2.22 bits per heavy atom. The van der Waals surface area contributed by atoms with Gasteiger partial charge in [0.1, 0.15) is 6.04 Å². The first-order valence-corrected chi connectivity index (χ1v) is 6.06. The highest BCUT2D eigenvalue weighted by atomic mass is 35.5. The second-order valence-electron chi connectivity index (χ2n) is 3.97. The lowest BCUT2D eigenvalue weighted by molar-refractivity contribution is -0.124. The van der Waals surface area contributed by atoms with Gasteiger partial charge in [0.25, 0.3) is 0 Å². The molecule has 0 aliphatic carbocycles. The number of aromatic nitrogens is 2. The summed E-state index contributed by atoms with van der Waals surface area (Å²) in [5.41, 5.74) is 0.903. The number of benzene rings is 1. The van der Waals surface area contributed by atoms with Crippen molar-refractivity contribution in [2.24, 2.45) is 0 Å². The zero-order chi connectivity index (χ0) is 13.0. The van der Waals surface area contributed by atoms with Gasteiger partial charge in [0.2, 0.25) is 5.91 Å². The largest absolute Gasteiger partial charge is 0.350 e. The third kappa shape index (κ3) is 2.90. The second-order valence-corrected chi connectivity index (χ2v) is 4.38. The molecule has 0 radical (unpaired) electrons. The van der Waals surface area contributed by atoms with E-state index in [-0.39, 0.29) is 11.9 Å². The molecule has 1 amide bonds. The van der Waals surface area contributed by atoms with Crippen molar-refractivity contribution in [3.8, 4) is 0 Å². The third-order valence-electron chi connectivity index (χ3n) is 2.71. The highest BCUT2D eigenvalue weighted by molar-refractivity contribution is 6.31. The highest BCUT2D eigenvalue weighted by Crippen LogP contribution is 2.14. The average Bonchev–Trinajstić information content (AvgIpc) is 2.90. The van der Waals surface area contributed by atoms with E-state index >= 15 is 0 Å². The van der Waals surface area contributed by atoms with Crippen molar-refractivity contribution in [3.63, 3.8) is 0 Å². The Hall–Kier alpha value is -1.81. The van der Waals surface area contributed by atoms with E-state index in [9.17, 15) is 4.79 Å². The first-order valence-electron chi connectivity index (χ1n) is 5.68. The molecule has 1 heterocycles. The Bertz CT molecular complexity index is 525. The number of amides is 1. The van der Waals surface area contributed by atoms with Gasteiger partial charge >= 0.3 is 0 Å². The Morgan fingerprint density at radius 1 is 1.44 bits per heavy atom. The zero-order valence-corrected chi connectivity index (χ0v) is 10.8. The lowest BCUT2D eigenvalue weighted by atomic mass is 10.2. The monoisotopic (exact) mass is 263 g/mol. The molecule has 1 aromatic carbocycles. The SMILES string of the molecule is CC(C(=O)NCc1ccccc1Cl)n1cccn1. The predicted molar refractivity (Wildman–Crippen MR) is 70.2 cm³/mol. The maximum atomic E-state index is 11.9. The Balaban J connectivity index is 1.95. The normalized spacial score (nSPS) is 12.1. The van der Waals surface area contributed by atoms with Crippen molar-refractivity contribution >= 4 is 17.5 Å². The molecule has 2 aromatic rings. The lowest BCUT2D eigenvalue weighted by Gasteiger charge is -2.13. The third-order valence-corrected chi connectivity index (χ3v) is 3.08. The number of rotatable bonds is 4. The van der Waals surface area contributed by atoms with Gasteiger partial charge in [-0.15, -0.1) is 0 Å². The van der Waals surface area contributed by atoms with Crippen molar-refractivity contribution in [3.05, 3.63) is 53.3 Å². The molecule has 2 rings (SSSR count). The van der Waals surface area contributed by atoms with Crippen LogP contribution in [0.4, 0.5) is 0 Å². The summed E-state index contributed by atoms with van der Waals surface area (Å²) in [5.74, 6) is -0.0846. The summed E-state index contributed by atoms with van der Waals surface area (Å²) in [7, 11) is 0. The van der Waals surface area contributed by atoms with E-state index in [4.69, 9.17) is 11.6 Å². The van der Waals surface area contributed by atoms with Crippen LogP contribution < -0.4 is 5.32 Å². The molecule has 1 aromatic heterocycles. The van der Waals surface area contributed by atoms with Gasteiger partial charge in [0.15, 0.2) is 0 Å². The molecule has 18 heavy (non-hydrogen) atoms. The minimum absolute atomic E-state index is 0.0846. The molecule has 94 valence electrons. The molecular weight excluding hydrogens is 250 g/mol. The first kappa shape index (κ1) is 12.6. The van der Waals surface area contributed by atoms with Gasteiger partial charge in [-0.25, -0.2) is 0 Å². The van der Waals surface area contributed by atoms with E-state index in [2.05, 4.69) is 10.4 Å². The van der Waals surface area contributed by atoms with Crippen LogP contribution in [0.3, 0.4) is 0 Å². The van der Waals surface area contributed by atoms with Crippen LogP contribution in [0.25, 0.3) is 0 Å². The fourth-order valence-electron chi connectivity index (χ4n) is 1.60. The van der Waals surface area contributed by atoms with Crippen molar-refractivity contribution in [2.75, 3.05) is 0 Å². The summed E-state index contributed by atoms with van der Waals surface area (Å²) in [4.78, 5) is 11.9. The molecule has 0 saturated heterocycles. The van der Waals surface area contributed by atoms with E-state index in [0.29, 0.717) is 11.6 Å². The molecule has 0 aliphatic heterocycles. The summed E-state index contributed by atoms with van der Waals surface area (Å²) in [5, 5.41) is 7.54. The van der Waals surface area contributed by atoms with Gasteiger partial charge in [0, 0.05) is 24.0 Å². The van der Waals surface area contributed by atoms with Crippen LogP contribution in [0.1, 0.15) is 18.5 Å². The van der Waals surface area contributed by atoms with Crippen molar-refractivity contribution in [2.45, 2.75) is 19.5 Å². The van der Waals surface area contributed by atoms with E-state index in [1.54, 1.807) is 36.1 Å². The fourth-order valence-corrected chi connectivity index (χ4v) is 1.80. The molecule has 1 N–H and O–H groups in total. The van der Waals surface area contributed by atoms with Gasteiger partial charge in [-0.3, -0.25) is 9.48 Å². The molecule has 0 spiro atoms. The van der Waals surface area contributed by atoms with E-state index in [0.717, 1.165) is 5.56 Å². The molecular formula is C13H14ClN3O. The van der Waals surface area contributed by atoms with Crippen LogP contribution in [0, 0.1) is 0 Å². The molecule has 4 nitrogen and oxygen atoms in total. The topological polar surface area (TPSA) is 46.9 Å². The van der Waals surface area contributed by atoms with Gasteiger partial charge < -0.3 is 5.32 Å². The quantitative estimate of drug-likeness (QED) is 0.921. The van der Waals surface area contributed by atoms with Crippen LogP contribution in [0.2, 0.25) is 5.02 Å². The van der Waals surface area contributed by atoms with Crippen LogP contribution in [-0.4, -0.2) is 15.7 Å². The smallest absolute Gasteiger partial charge is 0.244 e. The van der Waals surface area contributed by atoms with Crippen molar-refractivity contribution in [1.29, 1.82) is 0 Å². The number of nitrogens with one attached hydrogen (secondary N) is 1. The molecule has 0 aliphatic rings. The van der Waals surface area contributed by atoms with Gasteiger partial charge in [-0.1, -0.05) is 29.8 Å². The van der Waals surface area contributed by atoms with E-state index < -0.39 is 0 Å². The van der Waals surface area contributed by atoms with Gasteiger partial charge in [0.05, 0.1) is 0 Å². The number of nitrogens with zero attached hydrogens (tertiary/aromatic N) is 2. The number of halogens is 1. The summed E-state index contributed by atoms with van der Waals surface area (Å²) in [6.07, 6.45) is 3.41. The zero-order valence-electron chi connectivity index (χ0n) is 10.0. The van der Waals surface area contributed by atoms with Crippen LogP contribution in [0.15, 0.2) is 42.7 Å². The Morgan fingerprint density at radius 3 is 2.89 bits per heavy atom. The Labute approximate surface area is 111 Å². The second kappa shape index (κ2) is 5.69. The molecule has 1 atom stereocenters. The average molecular weight is 264 g/mol. The summed E-state index contributed by atoms with van der Waals surface area (Å²) >= 11 is 6.02. The lowest BCUT2D eigenvalue weighted by Crippen LogP contribution is -2.30. The summed E-state index contributed by atoms with van der Waals surface area (Å²) < 4.78 is 1.61. The van der Waals surface area contributed by atoms with E-state index in [1.807, 2.05) is 18.2 Å². The fraction of sp³-hybridized carbons (Fsp3) is 0.231. The minimum Gasteiger partial charge on any atom is -0.350 e. The van der Waals surface area contributed by atoms with Gasteiger partial charge in [-0.05, 0) is 24.6 Å². The van der Waals surface area contributed by atoms with Gasteiger partial charge in [-0.2, -0.15) is 5.10 Å². The van der Waals surface area contributed by atoms with Crippen LogP contribution in [-0.2, 0) is 11.3 Å². The minimum atomic E-state index is -0.331. The number of carbonyl (C=O) groups is 1. The summed E-state index contributed by atoms with van der Waals surface area (Å²) in [6.45, 7) is 2.22.